The number of aromatic nitrogens is 2. The Morgan fingerprint density at radius 1 is 1.11 bits per heavy atom. The first kappa shape index (κ1) is 24.8. The summed E-state index contributed by atoms with van der Waals surface area (Å²) in [5, 5.41) is 16.9. The number of carbonyl (C=O) groups is 1. The fourth-order valence-corrected chi connectivity index (χ4v) is 4.49. The predicted octanol–water partition coefficient (Wildman–Crippen LogP) is 2.95. The van der Waals surface area contributed by atoms with Crippen LogP contribution in [0.3, 0.4) is 0 Å². The van der Waals surface area contributed by atoms with E-state index >= 15 is 0 Å². The third kappa shape index (κ3) is 4.37. The number of nitrogens with one attached hydrogen (secondary N) is 1. The Kier molecular flexibility index (Phi) is 6.69. The number of methoxy groups -OCH3 is 2. The summed E-state index contributed by atoms with van der Waals surface area (Å²) in [7, 11) is 3.05. The molecule has 2 N–H and O–H groups in total. The number of ether oxygens (including phenoxy) is 2. The van der Waals surface area contributed by atoms with Gasteiger partial charge in [-0.25, -0.2) is 14.4 Å². The molecule has 0 fully saturated rings. The van der Waals surface area contributed by atoms with E-state index in [1.54, 1.807) is 37.3 Å². The van der Waals surface area contributed by atoms with Gasteiger partial charge in [-0.1, -0.05) is 13.0 Å². The molecule has 1 aromatic heterocycles. The number of amides is 1. The van der Waals surface area contributed by atoms with Gasteiger partial charge in [0.1, 0.15) is 17.1 Å². The van der Waals surface area contributed by atoms with E-state index in [9.17, 15) is 19.5 Å². The van der Waals surface area contributed by atoms with Crippen LogP contribution in [0.15, 0.2) is 51.1 Å². The molecule has 0 spiro atoms. The van der Waals surface area contributed by atoms with E-state index < -0.39 is 23.2 Å². The fraction of sp³-hybridized carbons (Fsp3) is 0.308. The van der Waals surface area contributed by atoms with Crippen molar-refractivity contribution in [3.05, 3.63) is 79.5 Å². The molecule has 0 bridgehead atoms. The maximum absolute atomic E-state index is 12.9. The number of hydrogen-bond acceptors (Lipinski definition) is 7. The maximum atomic E-state index is 12.9. The van der Waals surface area contributed by atoms with Crippen molar-refractivity contribution in [3.8, 4) is 23.1 Å². The number of benzene rings is 2. The van der Waals surface area contributed by atoms with Crippen LogP contribution in [-0.4, -0.2) is 45.5 Å². The Morgan fingerprint density at radius 2 is 1.81 bits per heavy atom. The van der Waals surface area contributed by atoms with Crippen molar-refractivity contribution in [3.63, 3.8) is 0 Å². The Morgan fingerprint density at radius 3 is 2.42 bits per heavy atom. The molecule has 2 heterocycles. The second kappa shape index (κ2) is 9.73. The average Bonchev–Trinajstić information content (AvgIpc) is 3.26. The summed E-state index contributed by atoms with van der Waals surface area (Å²) in [5.41, 5.74) is 1.28. The molecule has 0 radical (unpaired) electrons. The number of carbonyl (C=O) groups excluding carboxylic acids is 1. The van der Waals surface area contributed by atoms with Gasteiger partial charge in [0, 0.05) is 24.5 Å². The molecule has 10 nitrogen and oxygen atoms in total. The van der Waals surface area contributed by atoms with Crippen LogP contribution >= 0.6 is 0 Å². The van der Waals surface area contributed by atoms with Gasteiger partial charge >= 0.3 is 5.69 Å². The van der Waals surface area contributed by atoms with E-state index in [2.05, 4.69) is 10.1 Å². The van der Waals surface area contributed by atoms with Crippen molar-refractivity contribution < 1.29 is 19.4 Å². The first-order valence-corrected chi connectivity index (χ1v) is 11.5. The van der Waals surface area contributed by atoms with Crippen molar-refractivity contribution in [2.45, 2.75) is 39.7 Å². The van der Waals surface area contributed by atoms with E-state index in [1.165, 1.54) is 19.2 Å². The van der Waals surface area contributed by atoms with Crippen LogP contribution < -0.4 is 20.7 Å². The number of aromatic hydroxyl groups is 1. The zero-order valence-electron chi connectivity index (χ0n) is 20.8. The third-order valence-corrected chi connectivity index (χ3v) is 6.11. The molecule has 10 heteroatoms. The number of rotatable bonds is 6. The summed E-state index contributed by atoms with van der Waals surface area (Å²) in [4.78, 5) is 40.7. The van der Waals surface area contributed by atoms with Gasteiger partial charge in [-0.05, 0) is 49.2 Å². The second-order valence-electron chi connectivity index (χ2n) is 8.61. The largest absolute Gasteiger partial charge is 0.497 e. The smallest absolute Gasteiger partial charge is 0.335 e. The van der Waals surface area contributed by atoms with Crippen LogP contribution in [0.2, 0.25) is 0 Å². The third-order valence-electron chi connectivity index (χ3n) is 6.11. The number of aromatic amines is 1. The molecule has 3 aromatic rings. The Hall–Kier alpha value is -4.34. The second-order valence-corrected chi connectivity index (χ2v) is 8.61. The Bertz CT molecular complexity index is 1470. The van der Waals surface area contributed by atoms with E-state index in [-0.39, 0.29) is 30.0 Å². The topological polar surface area (TPSA) is 126 Å². The zero-order valence-corrected chi connectivity index (χ0v) is 20.8. The molecule has 1 aliphatic rings. The molecular formula is C26H28N4O6. The quantitative estimate of drug-likeness (QED) is 0.545. The van der Waals surface area contributed by atoms with Gasteiger partial charge in [-0.2, -0.15) is 5.10 Å². The van der Waals surface area contributed by atoms with Gasteiger partial charge in [0.15, 0.2) is 0 Å². The molecule has 1 atom stereocenters. The summed E-state index contributed by atoms with van der Waals surface area (Å²) in [6.07, 6.45) is 0.298. The van der Waals surface area contributed by atoms with Gasteiger partial charge in [0.2, 0.25) is 11.8 Å². The van der Waals surface area contributed by atoms with E-state index in [0.29, 0.717) is 22.7 Å². The predicted molar refractivity (Wildman–Crippen MR) is 134 cm³/mol. The monoisotopic (exact) mass is 492 g/mol. The number of hydrazone groups is 1. The molecular weight excluding hydrogens is 464 g/mol. The fourth-order valence-electron chi connectivity index (χ4n) is 4.49. The van der Waals surface area contributed by atoms with Crippen molar-refractivity contribution >= 4 is 11.6 Å². The lowest BCUT2D eigenvalue weighted by molar-refractivity contribution is -0.132. The zero-order chi connectivity index (χ0) is 26.1. The maximum Gasteiger partial charge on any atom is 0.335 e. The first-order valence-electron chi connectivity index (χ1n) is 11.5. The minimum absolute atomic E-state index is 0.121. The first-order chi connectivity index (χ1) is 17.2. The van der Waals surface area contributed by atoms with E-state index in [4.69, 9.17) is 9.47 Å². The molecule has 0 aliphatic carbocycles. The number of nitrogens with zero attached hydrogens (tertiary/aromatic N) is 3. The summed E-state index contributed by atoms with van der Waals surface area (Å²) in [6, 6.07) is 10.0. The van der Waals surface area contributed by atoms with Gasteiger partial charge in [0.25, 0.3) is 5.56 Å². The van der Waals surface area contributed by atoms with Gasteiger partial charge in [-0.3, -0.25) is 14.6 Å². The summed E-state index contributed by atoms with van der Waals surface area (Å²) < 4.78 is 11.8. The van der Waals surface area contributed by atoms with Crippen LogP contribution in [0.5, 0.6) is 17.4 Å². The Balaban J connectivity index is 1.87. The van der Waals surface area contributed by atoms with Crippen LogP contribution in [0.25, 0.3) is 5.69 Å². The lowest BCUT2D eigenvalue weighted by Crippen LogP contribution is -2.33. The highest BCUT2D eigenvalue weighted by Crippen LogP contribution is 2.39. The lowest BCUT2D eigenvalue weighted by Gasteiger charge is -2.23. The van der Waals surface area contributed by atoms with Gasteiger partial charge in [-0.15, -0.1) is 0 Å². The van der Waals surface area contributed by atoms with Crippen LogP contribution in [-0.2, 0) is 4.79 Å². The minimum Gasteiger partial charge on any atom is -0.497 e. The van der Waals surface area contributed by atoms with E-state index in [1.807, 2.05) is 19.9 Å². The molecule has 0 saturated heterocycles. The minimum atomic E-state index is -0.789. The normalized spacial score (nSPS) is 15.1. The number of hydrogen-bond donors (Lipinski definition) is 2. The standard InChI is InChI=1S/C26H28N4O6/c1-6-22(31)30-20(18-8-7-17(35-4)12-21(18)36-5)13-19(28-30)23-24(32)27-26(34)29(25(23)33)16-10-14(2)9-15(3)11-16/h7-12,20,33H,6,13H2,1-5H3,(H,27,32,34). The molecule has 2 aromatic carbocycles. The molecule has 1 amide bonds. The average molecular weight is 493 g/mol. The van der Waals surface area contributed by atoms with Crippen molar-refractivity contribution in [2.24, 2.45) is 5.10 Å². The Labute approximate surface area is 207 Å². The number of H-pyrrole nitrogens is 1. The van der Waals surface area contributed by atoms with Crippen molar-refractivity contribution in [2.75, 3.05) is 14.2 Å². The highest BCUT2D eigenvalue weighted by molar-refractivity contribution is 6.04. The molecule has 188 valence electrons. The number of aryl methyl sites for hydroxylation is 2. The molecule has 36 heavy (non-hydrogen) atoms. The van der Waals surface area contributed by atoms with Crippen LogP contribution in [0, 0.1) is 13.8 Å². The SMILES string of the molecule is CCC(=O)N1N=C(c2c(O)n(-c3cc(C)cc(C)c3)c(=O)[nH]c2=O)CC1c1ccc(OC)cc1OC. The van der Waals surface area contributed by atoms with Crippen molar-refractivity contribution in [1.82, 2.24) is 14.6 Å². The lowest BCUT2D eigenvalue weighted by atomic mass is 9.98. The van der Waals surface area contributed by atoms with Crippen molar-refractivity contribution in [1.29, 1.82) is 0 Å². The van der Waals surface area contributed by atoms with Gasteiger partial charge in [0.05, 0.1) is 31.7 Å². The molecule has 1 unspecified atom stereocenters. The van der Waals surface area contributed by atoms with Crippen LogP contribution in [0.4, 0.5) is 0 Å². The summed E-state index contributed by atoms with van der Waals surface area (Å²) >= 11 is 0. The van der Waals surface area contributed by atoms with Gasteiger partial charge < -0.3 is 14.6 Å². The summed E-state index contributed by atoms with van der Waals surface area (Å²) in [5.74, 6) is 0.255. The van der Waals surface area contributed by atoms with E-state index in [0.717, 1.165) is 15.7 Å². The molecule has 0 saturated carbocycles. The molecule has 1 aliphatic heterocycles. The highest BCUT2D eigenvalue weighted by atomic mass is 16.5. The van der Waals surface area contributed by atoms with Crippen LogP contribution in [0.1, 0.15) is 48.1 Å². The summed E-state index contributed by atoms with van der Waals surface area (Å²) in [6.45, 7) is 5.45. The molecule has 4 rings (SSSR count). The highest BCUT2D eigenvalue weighted by Gasteiger charge is 2.36.